The van der Waals surface area contributed by atoms with Gasteiger partial charge in [-0.25, -0.2) is 4.79 Å². The average molecular weight is 481 g/mol. The first-order valence-corrected chi connectivity index (χ1v) is 11.7. The number of hydrogen-bond donors (Lipinski definition) is 2. The minimum Gasteiger partial charge on any atom is -0.478 e. The van der Waals surface area contributed by atoms with E-state index in [4.69, 9.17) is 10.7 Å². The number of carbonyl (C=O) groups is 1. The van der Waals surface area contributed by atoms with Gasteiger partial charge in [0.25, 0.3) is 0 Å². The van der Waals surface area contributed by atoms with E-state index < -0.39 is 5.97 Å². The topological polar surface area (TPSA) is 76.2 Å². The van der Waals surface area contributed by atoms with Gasteiger partial charge in [-0.2, -0.15) is 0 Å². The van der Waals surface area contributed by atoms with Crippen molar-refractivity contribution >= 4 is 18.4 Å². The molecule has 0 atom stereocenters. The van der Waals surface area contributed by atoms with Crippen LogP contribution in [0.3, 0.4) is 0 Å². The Hall–Kier alpha value is -2.69. The Labute approximate surface area is 210 Å². The van der Waals surface area contributed by atoms with Gasteiger partial charge < -0.3 is 10.8 Å². The molecule has 3 N–H and O–H groups in total. The molecule has 34 heavy (non-hydrogen) atoms. The summed E-state index contributed by atoms with van der Waals surface area (Å²) in [6, 6.07) is 12.2. The van der Waals surface area contributed by atoms with Gasteiger partial charge in [0.15, 0.2) is 0 Å². The molecule has 0 saturated carbocycles. The molecule has 0 unspecified atom stereocenters. The fraction of sp³-hybridized carbons (Fsp3) is 0.379. The highest BCUT2D eigenvalue weighted by molar-refractivity contribution is 5.90. The lowest BCUT2D eigenvalue weighted by Gasteiger charge is -2.22. The molecule has 2 aromatic carbocycles. The minimum absolute atomic E-state index is 0. The van der Waals surface area contributed by atoms with Crippen LogP contribution in [-0.4, -0.2) is 16.1 Å². The van der Waals surface area contributed by atoms with E-state index in [-0.39, 0.29) is 12.4 Å². The first-order valence-electron chi connectivity index (χ1n) is 11.7. The average Bonchev–Trinajstić information content (AvgIpc) is 2.75. The SMILES string of the molecule is Cc1ccc(-c2c(CCc3c(C(=O)O)ccc(C)c3C)c(C)nc(CC(C)C)c2CN)cc1.Cl. The quantitative estimate of drug-likeness (QED) is 0.383. The zero-order valence-electron chi connectivity index (χ0n) is 21.2. The molecule has 0 aliphatic carbocycles. The number of carboxylic acids is 1. The van der Waals surface area contributed by atoms with Crippen LogP contribution in [0.4, 0.5) is 0 Å². The molecule has 0 aliphatic heterocycles. The molecule has 4 nitrogen and oxygen atoms in total. The monoisotopic (exact) mass is 480 g/mol. The molecule has 0 aliphatic rings. The molecule has 5 heteroatoms. The molecule has 1 heterocycles. The molecule has 0 amide bonds. The molecule has 0 bridgehead atoms. The highest BCUT2D eigenvalue weighted by atomic mass is 35.5. The van der Waals surface area contributed by atoms with Gasteiger partial charge in [0, 0.05) is 17.9 Å². The van der Waals surface area contributed by atoms with Gasteiger partial charge in [0.1, 0.15) is 0 Å². The Kier molecular flexibility index (Phi) is 9.43. The van der Waals surface area contributed by atoms with Crippen molar-refractivity contribution in [3.05, 3.63) is 86.7 Å². The van der Waals surface area contributed by atoms with Gasteiger partial charge in [-0.05, 0) is 97.9 Å². The second-order valence-corrected chi connectivity index (χ2v) is 9.48. The predicted octanol–water partition coefficient (Wildman–Crippen LogP) is 6.54. The smallest absolute Gasteiger partial charge is 0.335 e. The highest BCUT2D eigenvalue weighted by Crippen LogP contribution is 2.34. The number of aromatic carboxylic acids is 1. The van der Waals surface area contributed by atoms with Gasteiger partial charge in [-0.15, -0.1) is 12.4 Å². The molecule has 3 aromatic rings. The third-order valence-corrected chi connectivity index (χ3v) is 6.56. The molecule has 3 rings (SSSR count). The van der Waals surface area contributed by atoms with E-state index in [0.717, 1.165) is 51.2 Å². The summed E-state index contributed by atoms with van der Waals surface area (Å²) in [7, 11) is 0. The van der Waals surface area contributed by atoms with Crippen molar-refractivity contribution in [1.29, 1.82) is 0 Å². The van der Waals surface area contributed by atoms with Crippen LogP contribution in [0.15, 0.2) is 36.4 Å². The predicted molar refractivity (Wildman–Crippen MR) is 143 cm³/mol. The van der Waals surface area contributed by atoms with Gasteiger partial charge in [-0.3, -0.25) is 4.98 Å². The normalized spacial score (nSPS) is 10.9. The fourth-order valence-electron chi connectivity index (χ4n) is 4.64. The fourth-order valence-corrected chi connectivity index (χ4v) is 4.64. The van der Waals surface area contributed by atoms with E-state index in [9.17, 15) is 9.90 Å². The maximum atomic E-state index is 11.9. The van der Waals surface area contributed by atoms with Crippen molar-refractivity contribution < 1.29 is 9.90 Å². The number of aromatic nitrogens is 1. The van der Waals surface area contributed by atoms with Crippen molar-refractivity contribution in [2.45, 2.75) is 67.3 Å². The van der Waals surface area contributed by atoms with E-state index in [1.54, 1.807) is 6.07 Å². The Balaban J connectivity index is 0.00000408. The van der Waals surface area contributed by atoms with E-state index in [1.165, 1.54) is 11.1 Å². The Morgan fingerprint density at radius 3 is 2.12 bits per heavy atom. The van der Waals surface area contributed by atoms with Crippen LogP contribution >= 0.6 is 12.4 Å². The minimum atomic E-state index is -0.878. The highest BCUT2D eigenvalue weighted by Gasteiger charge is 2.21. The third-order valence-electron chi connectivity index (χ3n) is 6.56. The molecule has 0 fully saturated rings. The van der Waals surface area contributed by atoms with Crippen molar-refractivity contribution in [2.24, 2.45) is 11.7 Å². The van der Waals surface area contributed by atoms with E-state index in [1.807, 2.05) is 19.9 Å². The van der Waals surface area contributed by atoms with Crippen LogP contribution < -0.4 is 5.73 Å². The number of aryl methyl sites for hydroxylation is 3. The standard InChI is InChI=1S/C29H36N2O2.ClH/c1-17(2)15-27-26(16-30)28(22-10-7-18(3)8-11-22)24(21(6)31-27)14-13-23-20(5)19(4)9-12-25(23)29(32)33;/h7-12,17H,13-16,30H2,1-6H3,(H,32,33);1H. The second kappa shape index (κ2) is 11.6. The lowest BCUT2D eigenvalue weighted by molar-refractivity contribution is 0.0695. The third kappa shape index (κ3) is 5.86. The van der Waals surface area contributed by atoms with Gasteiger partial charge >= 0.3 is 5.97 Å². The number of hydrogen-bond acceptors (Lipinski definition) is 3. The summed E-state index contributed by atoms with van der Waals surface area (Å²) in [4.78, 5) is 16.9. The number of rotatable bonds is 8. The van der Waals surface area contributed by atoms with Crippen LogP contribution in [-0.2, 0) is 25.8 Å². The summed E-state index contributed by atoms with van der Waals surface area (Å²) in [5, 5.41) is 9.76. The van der Waals surface area contributed by atoms with Crippen molar-refractivity contribution in [2.75, 3.05) is 0 Å². The number of halogens is 1. The first-order chi connectivity index (χ1) is 15.6. The molecule has 182 valence electrons. The summed E-state index contributed by atoms with van der Waals surface area (Å²) in [6.07, 6.45) is 2.23. The van der Waals surface area contributed by atoms with Crippen LogP contribution in [0.5, 0.6) is 0 Å². The molecule has 0 saturated heterocycles. The van der Waals surface area contributed by atoms with Crippen LogP contribution in [0.25, 0.3) is 11.1 Å². The van der Waals surface area contributed by atoms with E-state index in [0.29, 0.717) is 30.9 Å². The van der Waals surface area contributed by atoms with Gasteiger partial charge in [0.2, 0.25) is 0 Å². The number of benzene rings is 2. The summed E-state index contributed by atoms with van der Waals surface area (Å²) < 4.78 is 0. The van der Waals surface area contributed by atoms with Crippen molar-refractivity contribution in [3.63, 3.8) is 0 Å². The second-order valence-electron chi connectivity index (χ2n) is 9.48. The van der Waals surface area contributed by atoms with E-state index in [2.05, 4.69) is 52.0 Å². The van der Waals surface area contributed by atoms with Crippen molar-refractivity contribution in [3.8, 4) is 11.1 Å². The number of nitrogens with zero attached hydrogens (tertiary/aromatic N) is 1. The Bertz CT molecular complexity index is 1170. The Morgan fingerprint density at radius 2 is 1.56 bits per heavy atom. The summed E-state index contributed by atoms with van der Waals surface area (Å²) in [5.41, 5.74) is 17.6. The molecular formula is C29H37ClN2O2. The number of nitrogens with two attached hydrogens (primary N) is 1. The molecular weight excluding hydrogens is 444 g/mol. The van der Waals surface area contributed by atoms with Gasteiger partial charge in [-0.1, -0.05) is 49.7 Å². The maximum Gasteiger partial charge on any atom is 0.335 e. The zero-order valence-corrected chi connectivity index (χ0v) is 22.0. The van der Waals surface area contributed by atoms with Crippen LogP contribution in [0.1, 0.15) is 69.0 Å². The lowest BCUT2D eigenvalue weighted by atomic mass is 9.86. The largest absolute Gasteiger partial charge is 0.478 e. The summed E-state index contributed by atoms with van der Waals surface area (Å²) in [5.74, 6) is -0.399. The van der Waals surface area contributed by atoms with Crippen LogP contribution in [0, 0.1) is 33.6 Å². The Morgan fingerprint density at radius 1 is 0.941 bits per heavy atom. The maximum absolute atomic E-state index is 11.9. The summed E-state index contributed by atoms with van der Waals surface area (Å²) in [6.45, 7) is 13.0. The van der Waals surface area contributed by atoms with Crippen LogP contribution in [0.2, 0.25) is 0 Å². The summed E-state index contributed by atoms with van der Waals surface area (Å²) >= 11 is 0. The van der Waals surface area contributed by atoms with Gasteiger partial charge in [0.05, 0.1) is 5.56 Å². The molecule has 0 radical (unpaired) electrons. The number of carboxylic acid groups (broad SMARTS) is 1. The lowest BCUT2D eigenvalue weighted by Crippen LogP contribution is -2.14. The zero-order chi connectivity index (χ0) is 24.3. The number of pyridine rings is 1. The molecule has 0 spiro atoms. The van der Waals surface area contributed by atoms with Crippen molar-refractivity contribution in [1.82, 2.24) is 4.98 Å². The van der Waals surface area contributed by atoms with E-state index >= 15 is 0 Å². The first kappa shape index (κ1) is 27.6. The molecule has 1 aromatic heterocycles.